The van der Waals surface area contributed by atoms with Gasteiger partial charge in [-0.1, -0.05) is 18.6 Å². The van der Waals surface area contributed by atoms with E-state index in [9.17, 15) is 4.79 Å². The van der Waals surface area contributed by atoms with Crippen LogP contribution < -0.4 is 16.4 Å². The summed E-state index contributed by atoms with van der Waals surface area (Å²) in [6.45, 7) is 1.56. The fraction of sp³-hybridized carbons (Fsp3) is 0.500. The highest BCUT2D eigenvalue weighted by Crippen LogP contribution is 2.26. The summed E-state index contributed by atoms with van der Waals surface area (Å²) in [6, 6.07) is 7.62. The fourth-order valence-electron chi connectivity index (χ4n) is 2.31. The number of nitrogens with zero attached hydrogens (tertiary/aromatic N) is 1. The zero-order valence-corrected chi connectivity index (χ0v) is 12.6. The third-order valence-electron chi connectivity index (χ3n) is 3.88. The molecule has 114 valence electrons. The van der Waals surface area contributed by atoms with Gasteiger partial charge in [-0.3, -0.25) is 9.79 Å². The number of hydrogen-bond donors (Lipinski definition) is 3. The van der Waals surface area contributed by atoms with Crippen LogP contribution in [0.5, 0.6) is 0 Å². The van der Waals surface area contributed by atoms with Crippen LogP contribution in [0, 0.1) is 5.92 Å². The lowest BCUT2D eigenvalue weighted by Crippen LogP contribution is -2.34. The summed E-state index contributed by atoms with van der Waals surface area (Å²) in [7, 11) is 1.63. The lowest BCUT2D eigenvalue weighted by Gasteiger charge is -2.23. The van der Waals surface area contributed by atoms with Gasteiger partial charge in [-0.05, 0) is 42.9 Å². The van der Waals surface area contributed by atoms with Crippen molar-refractivity contribution in [3.63, 3.8) is 0 Å². The second-order valence-electron chi connectivity index (χ2n) is 5.48. The molecular formula is C16H24N4O. The monoisotopic (exact) mass is 288 g/mol. The van der Waals surface area contributed by atoms with Crippen LogP contribution in [0.15, 0.2) is 29.3 Å². The van der Waals surface area contributed by atoms with Crippen molar-refractivity contribution >= 4 is 11.9 Å². The molecule has 2 rings (SSSR count). The van der Waals surface area contributed by atoms with Gasteiger partial charge in [-0.15, -0.1) is 0 Å². The van der Waals surface area contributed by atoms with E-state index >= 15 is 0 Å². The van der Waals surface area contributed by atoms with Gasteiger partial charge in [0.15, 0.2) is 5.96 Å². The van der Waals surface area contributed by atoms with E-state index in [1.54, 1.807) is 7.05 Å². The molecule has 0 bridgehead atoms. The summed E-state index contributed by atoms with van der Waals surface area (Å²) < 4.78 is 0. The van der Waals surface area contributed by atoms with Gasteiger partial charge in [-0.25, -0.2) is 0 Å². The molecular weight excluding hydrogens is 264 g/mol. The first-order chi connectivity index (χ1) is 10.2. The van der Waals surface area contributed by atoms with E-state index in [1.165, 1.54) is 19.3 Å². The third kappa shape index (κ3) is 4.77. The molecule has 4 N–H and O–H groups in total. The van der Waals surface area contributed by atoms with E-state index in [2.05, 4.69) is 15.6 Å². The number of guanidine groups is 1. The van der Waals surface area contributed by atoms with Crippen LogP contribution in [0.2, 0.25) is 0 Å². The summed E-state index contributed by atoms with van der Waals surface area (Å²) >= 11 is 0. The molecule has 0 heterocycles. The van der Waals surface area contributed by atoms with Crippen LogP contribution in [0.3, 0.4) is 0 Å². The average molecular weight is 288 g/mol. The molecule has 0 aliphatic heterocycles. The lowest BCUT2D eigenvalue weighted by atomic mass is 9.86. The molecule has 5 heteroatoms. The van der Waals surface area contributed by atoms with Crippen LogP contribution >= 0.6 is 0 Å². The number of hydrogen-bond acceptors (Lipinski definition) is 2. The second-order valence-corrected chi connectivity index (χ2v) is 5.48. The zero-order chi connectivity index (χ0) is 15.1. The van der Waals surface area contributed by atoms with Gasteiger partial charge >= 0.3 is 0 Å². The van der Waals surface area contributed by atoms with E-state index < -0.39 is 0 Å². The Morgan fingerprint density at radius 1 is 1.43 bits per heavy atom. The molecule has 1 amide bonds. The summed E-state index contributed by atoms with van der Waals surface area (Å²) in [4.78, 5) is 15.9. The van der Waals surface area contributed by atoms with Crippen LogP contribution in [0.4, 0.5) is 0 Å². The van der Waals surface area contributed by atoms with E-state index in [-0.39, 0.29) is 5.91 Å². The molecule has 0 spiro atoms. The largest absolute Gasteiger partial charge is 0.370 e. The Labute approximate surface area is 126 Å². The Kier molecular flexibility index (Phi) is 5.60. The highest BCUT2D eigenvalue weighted by Gasteiger charge is 2.16. The maximum atomic E-state index is 11.6. The van der Waals surface area contributed by atoms with Gasteiger partial charge in [0.1, 0.15) is 0 Å². The van der Waals surface area contributed by atoms with Crippen molar-refractivity contribution in [3.8, 4) is 0 Å². The van der Waals surface area contributed by atoms with Gasteiger partial charge < -0.3 is 16.4 Å². The first-order valence-electron chi connectivity index (χ1n) is 7.54. The number of benzene rings is 1. The predicted molar refractivity (Wildman–Crippen MR) is 85.4 cm³/mol. The number of nitrogens with one attached hydrogen (secondary N) is 2. The summed E-state index contributed by atoms with van der Waals surface area (Å²) in [6.07, 6.45) is 4.70. The van der Waals surface area contributed by atoms with Crippen molar-refractivity contribution in [1.29, 1.82) is 0 Å². The first-order valence-corrected chi connectivity index (χ1v) is 7.54. The van der Waals surface area contributed by atoms with E-state index in [0.29, 0.717) is 11.5 Å². The quantitative estimate of drug-likeness (QED) is 0.545. The molecule has 5 nitrogen and oxygen atoms in total. The van der Waals surface area contributed by atoms with E-state index in [0.717, 1.165) is 31.0 Å². The minimum absolute atomic E-state index is 0.0635. The van der Waals surface area contributed by atoms with Gasteiger partial charge in [0.2, 0.25) is 0 Å². The number of aliphatic imine (C=N–C) groups is 1. The van der Waals surface area contributed by atoms with Gasteiger partial charge in [-0.2, -0.15) is 0 Å². The molecule has 1 aliphatic carbocycles. The maximum Gasteiger partial charge on any atom is 0.251 e. The number of rotatable bonds is 6. The lowest BCUT2D eigenvalue weighted by molar-refractivity contribution is 0.0963. The smallest absolute Gasteiger partial charge is 0.251 e. The van der Waals surface area contributed by atoms with Crippen molar-refractivity contribution in [2.75, 3.05) is 20.1 Å². The van der Waals surface area contributed by atoms with E-state index in [1.807, 2.05) is 24.3 Å². The van der Waals surface area contributed by atoms with Crippen molar-refractivity contribution < 1.29 is 4.79 Å². The number of carbonyl (C=O) groups is 1. The predicted octanol–water partition coefficient (Wildman–Crippen LogP) is 1.29. The van der Waals surface area contributed by atoms with Crippen molar-refractivity contribution in [2.45, 2.75) is 25.7 Å². The molecule has 1 fully saturated rings. The summed E-state index contributed by atoms with van der Waals surface area (Å²) in [5.41, 5.74) is 7.63. The van der Waals surface area contributed by atoms with Crippen LogP contribution in [-0.2, 0) is 6.42 Å². The molecule has 1 aliphatic rings. The standard InChI is InChI=1S/C16H24N4O/c1-18-15(21)14-7-3-4-12(10-14)8-9-19-16(17)20-11-13-5-2-6-13/h3-4,7,10,13H,2,5-6,8-9,11H2,1H3,(H,18,21)(H3,17,19,20). The molecule has 0 atom stereocenters. The van der Waals surface area contributed by atoms with Gasteiger partial charge in [0.25, 0.3) is 5.91 Å². The minimum atomic E-state index is -0.0635. The highest BCUT2D eigenvalue weighted by atomic mass is 16.1. The van der Waals surface area contributed by atoms with E-state index in [4.69, 9.17) is 5.73 Å². The number of nitrogens with two attached hydrogens (primary N) is 1. The third-order valence-corrected chi connectivity index (χ3v) is 3.88. The van der Waals surface area contributed by atoms with Crippen molar-refractivity contribution in [3.05, 3.63) is 35.4 Å². The molecule has 0 unspecified atom stereocenters. The normalized spacial score (nSPS) is 15.4. The number of amides is 1. The molecule has 0 saturated heterocycles. The SMILES string of the molecule is CNC(=O)c1cccc(CCNC(N)=NCC2CCC2)c1. The second kappa shape index (κ2) is 7.67. The van der Waals surface area contributed by atoms with Crippen molar-refractivity contribution in [1.82, 2.24) is 10.6 Å². The topological polar surface area (TPSA) is 79.5 Å². The Balaban J connectivity index is 1.76. The van der Waals surface area contributed by atoms with Gasteiger partial charge in [0, 0.05) is 25.7 Å². The minimum Gasteiger partial charge on any atom is -0.370 e. The molecule has 1 aromatic rings. The first kappa shape index (κ1) is 15.4. The van der Waals surface area contributed by atoms with Crippen molar-refractivity contribution in [2.24, 2.45) is 16.6 Å². The van der Waals surface area contributed by atoms with Crippen LogP contribution in [0.1, 0.15) is 35.2 Å². The summed E-state index contributed by atoms with van der Waals surface area (Å²) in [5, 5.41) is 5.75. The fourth-order valence-corrected chi connectivity index (χ4v) is 2.31. The van der Waals surface area contributed by atoms with Crippen LogP contribution in [-0.4, -0.2) is 32.0 Å². The molecule has 21 heavy (non-hydrogen) atoms. The molecule has 0 aromatic heterocycles. The molecule has 1 saturated carbocycles. The summed E-state index contributed by atoms with van der Waals surface area (Å²) in [5.74, 6) is 1.19. The Morgan fingerprint density at radius 2 is 2.24 bits per heavy atom. The number of carbonyl (C=O) groups excluding carboxylic acids is 1. The Hall–Kier alpha value is -2.04. The molecule has 1 aromatic carbocycles. The van der Waals surface area contributed by atoms with Gasteiger partial charge in [0.05, 0.1) is 0 Å². The highest BCUT2D eigenvalue weighted by molar-refractivity contribution is 5.94. The Morgan fingerprint density at radius 3 is 2.90 bits per heavy atom. The molecule has 0 radical (unpaired) electrons. The Bertz CT molecular complexity index is 509. The maximum absolute atomic E-state index is 11.6. The van der Waals surface area contributed by atoms with Crippen LogP contribution in [0.25, 0.3) is 0 Å². The zero-order valence-electron chi connectivity index (χ0n) is 12.6. The average Bonchev–Trinajstić information content (AvgIpc) is 2.45.